The average molecular weight is 495 g/mol. The van der Waals surface area contributed by atoms with Crippen molar-refractivity contribution in [2.24, 2.45) is 5.92 Å². The van der Waals surface area contributed by atoms with Gasteiger partial charge in [0, 0.05) is 22.5 Å². The van der Waals surface area contributed by atoms with Gasteiger partial charge in [0.1, 0.15) is 11.1 Å². The molecule has 1 aliphatic carbocycles. The van der Waals surface area contributed by atoms with E-state index in [1.165, 1.54) is 11.3 Å². The molecule has 2 N–H and O–H groups in total. The van der Waals surface area contributed by atoms with Gasteiger partial charge in [-0.3, -0.25) is 14.5 Å². The fraction of sp³-hybridized carbons (Fsp3) is 0.500. The number of ether oxygens (including phenoxy) is 2. The quantitative estimate of drug-likeness (QED) is 0.601. The van der Waals surface area contributed by atoms with E-state index in [1.807, 2.05) is 13.0 Å². The van der Waals surface area contributed by atoms with E-state index < -0.39 is 0 Å². The van der Waals surface area contributed by atoms with E-state index in [2.05, 4.69) is 21.6 Å². The second kappa shape index (κ2) is 10.3. The molecule has 1 atom stereocenters. The first-order valence-corrected chi connectivity index (χ1v) is 13.1. The maximum absolute atomic E-state index is 13.1. The Balaban J connectivity index is 1.15. The summed E-state index contributed by atoms with van der Waals surface area (Å²) in [6.07, 6.45) is 6.70. The molecule has 184 valence electrons. The Morgan fingerprint density at radius 3 is 2.69 bits per heavy atom. The Hall–Kier alpha value is -3.09. The van der Waals surface area contributed by atoms with Crippen molar-refractivity contribution in [1.82, 2.24) is 4.90 Å². The Morgan fingerprint density at radius 2 is 1.89 bits per heavy atom. The molecule has 0 radical (unpaired) electrons. The first kappa shape index (κ1) is 23.6. The van der Waals surface area contributed by atoms with E-state index in [1.54, 1.807) is 23.5 Å². The summed E-state index contributed by atoms with van der Waals surface area (Å²) in [4.78, 5) is 29.2. The summed E-state index contributed by atoms with van der Waals surface area (Å²) in [5.41, 5.74) is 2.47. The highest BCUT2D eigenvalue weighted by Gasteiger charge is 2.31. The second-order valence-electron chi connectivity index (χ2n) is 9.41. The van der Waals surface area contributed by atoms with Gasteiger partial charge in [0.25, 0.3) is 0 Å². The summed E-state index contributed by atoms with van der Waals surface area (Å²) >= 11 is 1.56. The zero-order valence-corrected chi connectivity index (χ0v) is 20.7. The van der Waals surface area contributed by atoms with Gasteiger partial charge in [-0.05, 0) is 76.2 Å². The first-order valence-electron chi connectivity index (χ1n) is 12.3. The van der Waals surface area contributed by atoms with Gasteiger partial charge < -0.3 is 20.1 Å². The number of thiophene rings is 1. The normalized spacial score (nSPS) is 18.7. The predicted octanol–water partition coefficient (Wildman–Crippen LogP) is 4.30. The molecule has 3 heterocycles. The van der Waals surface area contributed by atoms with Crippen LogP contribution in [0.3, 0.4) is 0 Å². The van der Waals surface area contributed by atoms with Crippen LogP contribution in [0.4, 0.5) is 10.7 Å². The largest absolute Gasteiger partial charge is 0.454 e. The second-order valence-corrected chi connectivity index (χ2v) is 10.5. The lowest BCUT2D eigenvalue weighted by atomic mass is 9.94. The van der Waals surface area contributed by atoms with Crippen LogP contribution in [-0.4, -0.2) is 42.6 Å². The average Bonchev–Trinajstić information content (AvgIpc) is 3.39. The molecule has 0 unspecified atom stereocenters. The van der Waals surface area contributed by atoms with Crippen molar-refractivity contribution in [2.75, 3.05) is 30.5 Å². The highest BCUT2D eigenvalue weighted by molar-refractivity contribution is 7.16. The predicted molar refractivity (Wildman–Crippen MR) is 134 cm³/mol. The number of fused-ring (bicyclic) bond motifs is 2. The standard InChI is InChI=1S/C26H30N4O4S/c1-16(24(31)29-26-20(14-27)19-5-3-2-4-6-23(19)35-26)30-11-9-17(10-12-30)25(32)28-18-7-8-21-22(13-18)34-15-33-21/h7-8,13,16-17H,2-6,9-12,15H2,1H3,(H,28,32)(H,29,31)/t16-/m1/s1. The summed E-state index contributed by atoms with van der Waals surface area (Å²) in [6, 6.07) is 7.39. The molecule has 1 aromatic carbocycles. The van der Waals surface area contributed by atoms with Crippen LogP contribution in [0, 0.1) is 17.2 Å². The number of anilines is 2. The molecule has 35 heavy (non-hydrogen) atoms. The molecular formula is C26H30N4O4S. The van der Waals surface area contributed by atoms with Crippen LogP contribution in [0.2, 0.25) is 0 Å². The molecule has 1 fully saturated rings. The number of piperidine rings is 1. The molecule has 0 saturated carbocycles. The molecule has 2 aromatic rings. The number of benzene rings is 1. The fourth-order valence-corrected chi connectivity index (χ4v) is 6.34. The third kappa shape index (κ3) is 5.00. The molecule has 0 bridgehead atoms. The van der Waals surface area contributed by atoms with Crippen molar-refractivity contribution in [3.8, 4) is 17.6 Å². The van der Waals surface area contributed by atoms with E-state index in [0.717, 1.165) is 31.2 Å². The monoisotopic (exact) mass is 494 g/mol. The number of carbonyl (C=O) groups excluding carboxylic acids is 2. The first-order chi connectivity index (χ1) is 17.0. The topological polar surface area (TPSA) is 104 Å². The maximum atomic E-state index is 13.1. The third-order valence-corrected chi connectivity index (χ3v) is 8.44. The van der Waals surface area contributed by atoms with Crippen LogP contribution in [-0.2, 0) is 22.4 Å². The van der Waals surface area contributed by atoms with Gasteiger partial charge in [0.05, 0.1) is 11.6 Å². The van der Waals surface area contributed by atoms with Crippen molar-refractivity contribution in [2.45, 2.75) is 57.9 Å². The van der Waals surface area contributed by atoms with Crippen molar-refractivity contribution in [3.63, 3.8) is 0 Å². The number of hydrogen-bond acceptors (Lipinski definition) is 7. The smallest absolute Gasteiger partial charge is 0.242 e. The molecule has 2 aliphatic heterocycles. The summed E-state index contributed by atoms with van der Waals surface area (Å²) in [5, 5.41) is 16.4. The zero-order valence-electron chi connectivity index (χ0n) is 19.9. The highest BCUT2D eigenvalue weighted by atomic mass is 32.1. The van der Waals surface area contributed by atoms with Gasteiger partial charge in [0.2, 0.25) is 18.6 Å². The Kier molecular flexibility index (Phi) is 6.93. The van der Waals surface area contributed by atoms with Crippen molar-refractivity contribution in [1.29, 1.82) is 5.26 Å². The zero-order chi connectivity index (χ0) is 24.4. The van der Waals surface area contributed by atoms with Gasteiger partial charge in [-0.15, -0.1) is 11.3 Å². The minimum atomic E-state index is -0.332. The van der Waals surface area contributed by atoms with Crippen LogP contribution >= 0.6 is 11.3 Å². The number of nitriles is 1. The molecular weight excluding hydrogens is 464 g/mol. The van der Waals surface area contributed by atoms with E-state index in [0.29, 0.717) is 53.7 Å². The Morgan fingerprint density at radius 1 is 1.11 bits per heavy atom. The lowest BCUT2D eigenvalue weighted by Crippen LogP contribution is -2.47. The van der Waals surface area contributed by atoms with Gasteiger partial charge in [-0.25, -0.2) is 0 Å². The number of likely N-dealkylation sites (tertiary alicyclic amines) is 1. The Labute approximate surface area is 209 Å². The number of amides is 2. The molecule has 2 amide bonds. The van der Waals surface area contributed by atoms with Crippen molar-refractivity contribution >= 4 is 33.8 Å². The number of rotatable bonds is 5. The summed E-state index contributed by atoms with van der Waals surface area (Å²) in [6.45, 7) is 3.43. The van der Waals surface area contributed by atoms with E-state index >= 15 is 0 Å². The maximum Gasteiger partial charge on any atom is 0.242 e. The molecule has 3 aliphatic rings. The van der Waals surface area contributed by atoms with E-state index in [4.69, 9.17) is 9.47 Å². The number of nitrogens with one attached hydrogen (secondary N) is 2. The van der Waals surface area contributed by atoms with Crippen molar-refractivity contribution in [3.05, 3.63) is 34.2 Å². The number of aryl methyl sites for hydroxylation is 1. The molecule has 8 nitrogen and oxygen atoms in total. The number of carbonyl (C=O) groups is 2. The van der Waals surface area contributed by atoms with Crippen LogP contribution in [0.25, 0.3) is 0 Å². The van der Waals surface area contributed by atoms with Crippen molar-refractivity contribution < 1.29 is 19.1 Å². The van der Waals surface area contributed by atoms with Crippen LogP contribution in [0.1, 0.15) is 55.0 Å². The van der Waals surface area contributed by atoms with Gasteiger partial charge >= 0.3 is 0 Å². The molecule has 9 heteroatoms. The minimum absolute atomic E-state index is 0.0145. The molecule has 1 aromatic heterocycles. The lowest BCUT2D eigenvalue weighted by Gasteiger charge is -2.34. The van der Waals surface area contributed by atoms with E-state index in [9.17, 15) is 14.9 Å². The third-order valence-electron chi connectivity index (χ3n) is 7.24. The van der Waals surface area contributed by atoms with E-state index in [-0.39, 0.29) is 30.6 Å². The van der Waals surface area contributed by atoms with Crippen LogP contribution in [0.5, 0.6) is 11.5 Å². The SMILES string of the molecule is C[C@H](C(=O)Nc1sc2c(c1C#N)CCCCC2)N1CCC(C(=O)Nc2ccc3c(c2)OCO3)CC1. The molecule has 5 rings (SSSR count). The van der Waals surface area contributed by atoms with Crippen LogP contribution in [0.15, 0.2) is 18.2 Å². The minimum Gasteiger partial charge on any atom is -0.454 e. The Bertz CT molecular complexity index is 1160. The fourth-order valence-electron chi connectivity index (χ4n) is 5.10. The molecule has 1 saturated heterocycles. The van der Waals surface area contributed by atoms with Gasteiger partial charge in [0.15, 0.2) is 11.5 Å². The summed E-state index contributed by atoms with van der Waals surface area (Å²) in [5.74, 6) is 1.11. The van der Waals surface area contributed by atoms with Gasteiger partial charge in [-0.1, -0.05) is 6.42 Å². The van der Waals surface area contributed by atoms with Crippen LogP contribution < -0.4 is 20.1 Å². The molecule has 0 spiro atoms. The summed E-state index contributed by atoms with van der Waals surface area (Å²) in [7, 11) is 0. The number of nitrogens with zero attached hydrogens (tertiary/aromatic N) is 2. The highest BCUT2D eigenvalue weighted by Crippen LogP contribution is 2.37. The number of hydrogen-bond donors (Lipinski definition) is 2. The lowest BCUT2D eigenvalue weighted by molar-refractivity contribution is -0.123. The summed E-state index contributed by atoms with van der Waals surface area (Å²) < 4.78 is 10.7. The van der Waals surface area contributed by atoms with Gasteiger partial charge in [-0.2, -0.15) is 5.26 Å².